The highest BCUT2D eigenvalue weighted by Gasteiger charge is 2.12. The molecule has 1 aromatic heterocycles. The summed E-state index contributed by atoms with van der Waals surface area (Å²) in [6.45, 7) is 4.68. The third-order valence-electron chi connectivity index (χ3n) is 2.95. The average Bonchev–Trinajstić information content (AvgIpc) is 2.76. The van der Waals surface area contributed by atoms with Gasteiger partial charge in [0.2, 0.25) is 0 Å². The lowest BCUT2D eigenvalue weighted by molar-refractivity contribution is 0.0989. The molecule has 0 bridgehead atoms. The normalized spacial score (nSPS) is 10.7. The molecule has 19 heavy (non-hydrogen) atoms. The Morgan fingerprint density at radius 2 is 2.16 bits per heavy atom. The number of carbonyl (C=O) groups excluding carboxylic acids is 1. The minimum atomic E-state index is -0.375. The third kappa shape index (κ3) is 3.28. The number of aromatic nitrogens is 2. The fourth-order valence-corrected chi connectivity index (χ4v) is 2.09. The molecule has 2 aromatic rings. The quantitative estimate of drug-likeness (QED) is 0.774. The standard InChI is InChI=1S/C15H17FN2O/c1-3-5-18-6-4-17-15(18)10-14(19)12-7-11(2)8-13(16)9-12/h4,6-9H,3,5,10H2,1-2H3. The SMILES string of the molecule is CCCn1ccnc1CC(=O)c1cc(C)cc(F)c1. The molecule has 0 amide bonds. The summed E-state index contributed by atoms with van der Waals surface area (Å²) in [6, 6.07) is 4.40. The molecule has 2 rings (SSSR count). The highest BCUT2D eigenvalue weighted by molar-refractivity contribution is 5.97. The number of benzene rings is 1. The monoisotopic (exact) mass is 260 g/mol. The molecule has 1 aromatic carbocycles. The fourth-order valence-electron chi connectivity index (χ4n) is 2.09. The minimum Gasteiger partial charge on any atom is -0.335 e. The lowest BCUT2D eigenvalue weighted by Gasteiger charge is -2.06. The molecule has 4 heteroatoms. The average molecular weight is 260 g/mol. The van der Waals surface area contributed by atoms with Crippen molar-refractivity contribution in [2.24, 2.45) is 0 Å². The second-order valence-electron chi connectivity index (χ2n) is 4.65. The Kier molecular flexibility index (Phi) is 4.10. The molecule has 3 nitrogen and oxygen atoms in total. The van der Waals surface area contributed by atoms with E-state index in [1.807, 2.05) is 10.8 Å². The van der Waals surface area contributed by atoms with E-state index in [0.29, 0.717) is 5.56 Å². The lowest BCUT2D eigenvalue weighted by Crippen LogP contribution is -2.10. The predicted octanol–water partition coefficient (Wildman–Crippen LogP) is 3.17. The second-order valence-corrected chi connectivity index (χ2v) is 4.65. The van der Waals surface area contributed by atoms with Crippen LogP contribution in [0.2, 0.25) is 0 Å². The van der Waals surface area contributed by atoms with E-state index in [1.165, 1.54) is 12.1 Å². The first-order chi connectivity index (χ1) is 9.10. The molecule has 0 aliphatic carbocycles. The van der Waals surface area contributed by atoms with Gasteiger partial charge >= 0.3 is 0 Å². The first-order valence-electron chi connectivity index (χ1n) is 6.40. The zero-order chi connectivity index (χ0) is 13.8. The number of ketones is 1. The van der Waals surface area contributed by atoms with Crippen LogP contribution in [-0.4, -0.2) is 15.3 Å². The number of halogens is 1. The van der Waals surface area contributed by atoms with Crippen molar-refractivity contribution in [2.75, 3.05) is 0 Å². The topological polar surface area (TPSA) is 34.9 Å². The fraction of sp³-hybridized carbons (Fsp3) is 0.333. The maximum atomic E-state index is 13.3. The summed E-state index contributed by atoms with van der Waals surface area (Å²) in [6.07, 6.45) is 4.74. The van der Waals surface area contributed by atoms with E-state index >= 15 is 0 Å². The number of Topliss-reactive ketones (excluding diaryl/α,β-unsaturated/α-hetero) is 1. The number of carbonyl (C=O) groups is 1. The zero-order valence-electron chi connectivity index (χ0n) is 11.2. The first-order valence-corrected chi connectivity index (χ1v) is 6.40. The van der Waals surface area contributed by atoms with Crippen molar-refractivity contribution in [1.29, 1.82) is 0 Å². The molecule has 0 radical (unpaired) electrons. The smallest absolute Gasteiger partial charge is 0.170 e. The zero-order valence-corrected chi connectivity index (χ0v) is 11.2. The number of aryl methyl sites for hydroxylation is 2. The van der Waals surface area contributed by atoms with Gasteiger partial charge in [-0.05, 0) is 37.1 Å². The number of rotatable bonds is 5. The Hall–Kier alpha value is -1.97. The van der Waals surface area contributed by atoms with Crippen LogP contribution in [0.5, 0.6) is 0 Å². The van der Waals surface area contributed by atoms with Crippen LogP contribution in [0.3, 0.4) is 0 Å². The van der Waals surface area contributed by atoms with Crippen molar-refractivity contribution >= 4 is 5.78 Å². The molecule has 0 aliphatic heterocycles. The molecule has 0 saturated carbocycles. The molecule has 0 fully saturated rings. The van der Waals surface area contributed by atoms with Gasteiger partial charge in [0.15, 0.2) is 5.78 Å². The van der Waals surface area contributed by atoms with Crippen molar-refractivity contribution < 1.29 is 9.18 Å². The molecule has 0 spiro atoms. The highest BCUT2D eigenvalue weighted by Crippen LogP contribution is 2.12. The first kappa shape index (κ1) is 13.5. The van der Waals surface area contributed by atoms with E-state index in [0.717, 1.165) is 24.4 Å². The summed E-state index contributed by atoms with van der Waals surface area (Å²) in [5.74, 6) is 0.250. The Labute approximate surface area is 112 Å². The van der Waals surface area contributed by atoms with E-state index < -0.39 is 0 Å². The molecular weight excluding hydrogens is 243 g/mol. The summed E-state index contributed by atoms with van der Waals surface area (Å²) < 4.78 is 15.3. The van der Waals surface area contributed by atoms with Crippen molar-refractivity contribution in [2.45, 2.75) is 33.2 Å². The molecule has 0 unspecified atom stereocenters. The van der Waals surface area contributed by atoms with Crippen LogP contribution in [-0.2, 0) is 13.0 Å². The molecule has 0 aliphatic rings. The van der Waals surface area contributed by atoms with Crippen LogP contribution in [0.1, 0.15) is 35.1 Å². The summed E-state index contributed by atoms with van der Waals surface area (Å²) in [5.41, 5.74) is 1.16. The molecule has 0 N–H and O–H groups in total. The second kappa shape index (κ2) is 5.78. The van der Waals surface area contributed by atoms with Gasteiger partial charge in [0.1, 0.15) is 11.6 Å². The number of hydrogen-bond donors (Lipinski definition) is 0. The summed E-state index contributed by atoms with van der Waals surface area (Å²) in [5, 5.41) is 0. The minimum absolute atomic E-state index is 0.105. The van der Waals surface area contributed by atoms with Gasteiger partial charge in [-0.1, -0.05) is 6.92 Å². The largest absolute Gasteiger partial charge is 0.335 e. The van der Waals surface area contributed by atoms with E-state index in [-0.39, 0.29) is 18.0 Å². The van der Waals surface area contributed by atoms with E-state index in [9.17, 15) is 9.18 Å². The van der Waals surface area contributed by atoms with Crippen LogP contribution in [0.4, 0.5) is 4.39 Å². The van der Waals surface area contributed by atoms with Gasteiger partial charge in [-0.25, -0.2) is 9.37 Å². The molecule has 100 valence electrons. The van der Waals surface area contributed by atoms with E-state index in [1.54, 1.807) is 19.2 Å². The van der Waals surface area contributed by atoms with E-state index in [4.69, 9.17) is 0 Å². The van der Waals surface area contributed by atoms with Gasteiger partial charge in [-0.15, -0.1) is 0 Å². The van der Waals surface area contributed by atoms with Gasteiger partial charge in [-0.2, -0.15) is 0 Å². The van der Waals surface area contributed by atoms with Crippen LogP contribution in [0.15, 0.2) is 30.6 Å². The number of imidazole rings is 1. The van der Waals surface area contributed by atoms with Gasteiger partial charge in [0.25, 0.3) is 0 Å². The summed E-state index contributed by atoms with van der Waals surface area (Å²) in [4.78, 5) is 16.3. The van der Waals surface area contributed by atoms with Crippen molar-refractivity contribution in [3.63, 3.8) is 0 Å². The number of hydrogen-bond acceptors (Lipinski definition) is 2. The summed E-state index contributed by atoms with van der Waals surface area (Å²) in [7, 11) is 0. The van der Waals surface area contributed by atoms with Crippen LogP contribution < -0.4 is 0 Å². The van der Waals surface area contributed by atoms with Gasteiger partial charge in [0.05, 0.1) is 6.42 Å². The van der Waals surface area contributed by atoms with Gasteiger partial charge in [0, 0.05) is 24.5 Å². The van der Waals surface area contributed by atoms with Crippen LogP contribution >= 0.6 is 0 Å². The lowest BCUT2D eigenvalue weighted by atomic mass is 10.1. The Morgan fingerprint density at radius 3 is 2.84 bits per heavy atom. The van der Waals surface area contributed by atoms with Gasteiger partial charge in [-0.3, -0.25) is 4.79 Å². The molecule has 1 heterocycles. The van der Waals surface area contributed by atoms with Crippen LogP contribution in [0.25, 0.3) is 0 Å². The maximum Gasteiger partial charge on any atom is 0.170 e. The van der Waals surface area contributed by atoms with Gasteiger partial charge < -0.3 is 4.57 Å². The Morgan fingerprint density at radius 1 is 1.37 bits per heavy atom. The number of nitrogens with zero attached hydrogens (tertiary/aromatic N) is 2. The molecule has 0 saturated heterocycles. The van der Waals surface area contributed by atoms with Crippen LogP contribution in [0, 0.1) is 12.7 Å². The molecule has 0 atom stereocenters. The predicted molar refractivity (Wildman–Crippen MR) is 71.7 cm³/mol. The van der Waals surface area contributed by atoms with Crippen molar-refractivity contribution in [3.05, 3.63) is 53.4 Å². The Balaban J connectivity index is 2.18. The summed E-state index contributed by atoms with van der Waals surface area (Å²) >= 11 is 0. The maximum absolute atomic E-state index is 13.3. The van der Waals surface area contributed by atoms with E-state index in [2.05, 4.69) is 11.9 Å². The highest BCUT2D eigenvalue weighted by atomic mass is 19.1. The van der Waals surface area contributed by atoms with Crippen molar-refractivity contribution in [1.82, 2.24) is 9.55 Å². The third-order valence-corrected chi connectivity index (χ3v) is 2.95. The Bertz CT molecular complexity index is 569. The van der Waals surface area contributed by atoms with Crippen molar-refractivity contribution in [3.8, 4) is 0 Å². The molecular formula is C15H17FN2O.